The Morgan fingerprint density at radius 1 is 0.882 bits per heavy atom. The highest BCUT2D eigenvalue weighted by molar-refractivity contribution is 6.23. The van der Waals surface area contributed by atoms with Crippen molar-refractivity contribution in [2.45, 2.75) is 104 Å². The van der Waals surface area contributed by atoms with E-state index in [-0.39, 0.29) is 59.2 Å². The van der Waals surface area contributed by atoms with E-state index in [1.54, 1.807) is 48.6 Å². The first kappa shape index (κ1) is 50.2. The van der Waals surface area contributed by atoms with Crippen LogP contribution in [-0.2, 0) is 47.4 Å². The number of carbonyl (C=O) groups excluding carboxylic acids is 6. The molecule has 0 bridgehead atoms. The highest BCUT2D eigenvalue weighted by atomic mass is 16.3. The third-order valence-corrected chi connectivity index (χ3v) is 16.2. The van der Waals surface area contributed by atoms with Crippen molar-refractivity contribution < 1.29 is 33.9 Å². The van der Waals surface area contributed by atoms with Crippen LogP contribution >= 0.6 is 0 Å². The van der Waals surface area contributed by atoms with Crippen molar-refractivity contribution in [3.63, 3.8) is 0 Å². The summed E-state index contributed by atoms with van der Waals surface area (Å²) in [4.78, 5) is 111. The number of fused-ring (bicyclic) bond motifs is 4. The van der Waals surface area contributed by atoms with Gasteiger partial charge in [0.2, 0.25) is 17.7 Å². The smallest absolute Gasteiger partial charge is 0.293 e. The summed E-state index contributed by atoms with van der Waals surface area (Å²) in [7, 11) is 1.62. The number of carbonyl (C=O) groups is 6. The number of nitrogens with one attached hydrogen (secondary N) is 3. The molecule has 5 aromatic rings. The van der Waals surface area contributed by atoms with E-state index in [0.29, 0.717) is 59.3 Å². The number of amides is 6. The number of piperazine rings is 1. The van der Waals surface area contributed by atoms with E-state index in [0.717, 1.165) is 61.6 Å². The number of pyridine rings is 1. The first-order valence-electron chi connectivity index (χ1n) is 26.1. The van der Waals surface area contributed by atoms with Crippen molar-refractivity contribution in [3.05, 3.63) is 118 Å². The van der Waals surface area contributed by atoms with Crippen molar-refractivity contribution in [1.82, 2.24) is 34.2 Å². The molecule has 3 aromatic heterocycles. The second-order valence-corrected chi connectivity index (χ2v) is 21.8. The fourth-order valence-electron chi connectivity index (χ4n) is 12.5. The van der Waals surface area contributed by atoms with Crippen LogP contribution in [0.5, 0.6) is 0 Å². The van der Waals surface area contributed by atoms with Crippen molar-refractivity contribution in [3.8, 4) is 11.3 Å². The van der Waals surface area contributed by atoms with Crippen molar-refractivity contribution >= 4 is 69.8 Å². The van der Waals surface area contributed by atoms with Gasteiger partial charge in [-0.1, -0.05) is 20.4 Å². The van der Waals surface area contributed by atoms with Gasteiger partial charge in [-0.3, -0.25) is 53.6 Å². The molecule has 20 nitrogen and oxygen atoms in total. The first-order valence-corrected chi connectivity index (χ1v) is 26.1. The summed E-state index contributed by atoms with van der Waals surface area (Å²) in [5, 5.41) is 19.3. The third kappa shape index (κ3) is 8.81. The number of hydrogen-bond donors (Lipinski definition) is 4. The molecule has 1 aliphatic carbocycles. The van der Waals surface area contributed by atoms with E-state index in [4.69, 9.17) is 4.98 Å². The van der Waals surface area contributed by atoms with E-state index >= 15 is 0 Å². The van der Waals surface area contributed by atoms with Gasteiger partial charge in [0.1, 0.15) is 17.6 Å². The molecule has 0 radical (unpaired) electrons. The number of anilines is 6. The second-order valence-electron chi connectivity index (χ2n) is 21.8. The Morgan fingerprint density at radius 2 is 1.68 bits per heavy atom. The number of aromatic nitrogens is 4. The minimum atomic E-state index is -1.02. The van der Waals surface area contributed by atoms with E-state index in [9.17, 15) is 38.7 Å². The van der Waals surface area contributed by atoms with E-state index < -0.39 is 47.7 Å². The molecule has 6 amide bonds. The highest BCUT2D eigenvalue weighted by Gasteiger charge is 2.45. The summed E-state index contributed by atoms with van der Waals surface area (Å²) in [5.74, 6) is -2.33. The van der Waals surface area contributed by atoms with Gasteiger partial charge in [-0.2, -0.15) is 0 Å². The zero-order chi connectivity index (χ0) is 53.5. The number of benzene rings is 2. The predicted octanol–water partition coefficient (Wildman–Crippen LogP) is 4.76. The molecule has 0 saturated carbocycles. The molecule has 3 fully saturated rings. The summed E-state index contributed by atoms with van der Waals surface area (Å²) in [6, 6.07) is 14.0. The van der Waals surface area contributed by atoms with Gasteiger partial charge in [0, 0.05) is 111 Å². The monoisotopic (exact) mass is 1030 g/mol. The molecule has 8 heterocycles. The Balaban J connectivity index is 0.774. The van der Waals surface area contributed by atoms with Gasteiger partial charge in [0.15, 0.2) is 5.82 Å². The normalized spacial score (nSPS) is 22.4. The van der Waals surface area contributed by atoms with E-state index in [1.807, 2.05) is 24.3 Å². The SMILES string of the molecule is C=CC(=O)Nc1cc(Nc2nc(-c3ccnc(N4CCn5c(cc6c5CC(C)(C)C6)C4=O)c3CO)cn(C)c2=O)ccc1N1CCN(C2CCN(c3ccc4c(c3)C(=O)N(C3CCC(=O)NC3=O)C4=O)[C@@H](C)C2)C[C@@H]1C. The molecule has 4 atom stereocenters. The fraction of sp³-hybridized carbons (Fsp3) is 0.411. The molecule has 3 saturated heterocycles. The average molecular weight is 1030 g/mol. The minimum Gasteiger partial charge on any atom is -0.392 e. The lowest BCUT2D eigenvalue weighted by molar-refractivity contribution is -0.136. The number of piperidine rings is 2. The molecule has 5 aliphatic heterocycles. The van der Waals surface area contributed by atoms with Gasteiger partial charge >= 0.3 is 0 Å². The standard InChI is InChI=1S/C56H62N12O8/c1-7-47(70)59-41-24-34(58-49-55(76)62(6)29-42(60-49)37-14-16-57-50(40(37)30-69)67-21-20-66-45(54(67)75)23-33-26-56(4,5)27-46(33)66)8-11-43(41)65-19-18-63(28-32(65)3)35-15-17-64(31(2)22-35)36-9-10-38-39(25-36)53(74)68(52(38)73)44-12-13-48(71)61-51(44)72/h7-11,14,16,23-25,29,31-32,35,44,69H,1,12-13,15,17-22,26-28,30H2,2-6H3,(H,58,60)(H,59,70)(H,61,71,72)/t31-,32-,35?,44?/m0/s1. The van der Waals surface area contributed by atoms with Gasteiger partial charge in [0.05, 0.1) is 34.8 Å². The molecule has 11 rings (SSSR count). The maximum atomic E-state index is 14.1. The molecule has 2 aromatic carbocycles. The minimum absolute atomic E-state index is 0.0127. The number of imide groups is 2. The van der Waals surface area contributed by atoms with Crippen LogP contribution in [0.15, 0.2) is 78.4 Å². The quantitative estimate of drug-likeness (QED) is 0.103. The summed E-state index contributed by atoms with van der Waals surface area (Å²) >= 11 is 0. The van der Waals surface area contributed by atoms with E-state index in [1.165, 1.54) is 21.9 Å². The third-order valence-electron chi connectivity index (χ3n) is 16.2. The van der Waals surface area contributed by atoms with Crippen LogP contribution in [0.4, 0.5) is 34.4 Å². The molecular formula is C56H62N12O8. The van der Waals surface area contributed by atoms with Gasteiger partial charge in [0.25, 0.3) is 23.3 Å². The van der Waals surface area contributed by atoms with Crippen molar-refractivity contribution in [2.75, 3.05) is 58.1 Å². The highest BCUT2D eigenvalue weighted by Crippen LogP contribution is 2.41. The lowest BCUT2D eigenvalue weighted by atomic mass is 9.90. The molecule has 0 spiro atoms. The van der Waals surface area contributed by atoms with Gasteiger partial charge in [-0.15, -0.1) is 0 Å². The van der Waals surface area contributed by atoms with Crippen LogP contribution in [-0.4, -0.2) is 126 Å². The van der Waals surface area contributed by atoms with Gasteiger partial charge < -0.3 is 34.7 Å². The predicted molar refractivity (Wildman–Crippen MR) is 286 cm³/mol. The van der Waals surface area contributed by atoms with Crippen molar-refractivity contribution in [1.29, 1.82) is 0 Å². The average Bonchev–Trinajstić information content (AvgIpc) is 4.04. The topological polar surface area (TPSA) is 228 Å². The van der Waals surface area contributed by atoms with Gasteiger partial charge in [-0.05, 0) is 112 Å². The molecular weight excluding hydrogens is 969 g/mol. The number of aliphatic hydroxyl groups excluding tert-OH is 1. The fourth-order valence-corrected chi connectivity index (χ4v) is 12.5. The number of rotatable bonds is 11. The largest absolute Gasteiger partial charge is 0.392 e. The zero-order valence-corrected chi connectivity index (χ0v) is 43.4. The molecule has 20 heteroatoms. The Kier molecular flexibility index (Phi) is 12.8. The van der Waals surface area contributed by atoms with E-state index in [2.05, 4.69) is 74.5 Å². The molecule has 394 valence electrons. The Bertz CT molecular complexity index is 3360. The summed E-state index contributed by atoms with van der Waals surface area (Å²) in [6.45, 7) is 16.0. The molecule has 6 aliphatic rings. The van der Waals surface area contributed by atoms with Crippen LogP contribution in [0.1, 0.15) is 101 Å². The number of nitrogens with zero attached hydrogens (tertiary/aromatic N) is 9. The second kappa shape index (κ2) is 19.3. The Morgan fingerprint density at radius 3 is 2.43 bits per heavy atom. The Hall–Kier alpha value is -7.97. The van der Waals surface area contributed by atoms with Gasteiger partial charge in [-0.25, -0.2) is 9.97 Å². The van der Waals surface area contributed by atoms with Crippen LogP contribution in [0.25, 0.3) is 11.3 Å². The molecule has 4 N–H and O–H groups in total. The lowest BCUT2D eigenvalue weighted by Gasteiger charge is -2.48. The number of aryl methyl sites for hydroxylation is 1. The molecule has 76 heavy (non-hydrogen) atoms. The maximum absolute atomic E-state index is 14.1. The van der Waals surface area contributed by atoms with Crippen LogP contribution in [0, 0.1) is 5.41 Å². The number of hydrogen-bond acceptors (Lipinski definition) is 14. The summed E-state index contributed by atoms with van der Waals surface area (Å²) < 4.78 is 3.54. The van der Waals surface area contributed by atoms with Crippen LogP contribution in [0.3, 0.4) is 0 Å². The Labute approximate surface area is 439 Å². The summed E-state index contributed by atoms with van der Waals surface area (Å²) in [6.07, 6.45) is 8.09. The zero-order valence-electron chi connectivity index (χ0n) is 43.4. The van der Waals surface area contributed by atoms with Crippen LogP contribution in [0.2, 0.25) is 0 Å². The first-order chi connectivity index (χ1) is 36.4. The van der Waals surface area contributed by atoms with Crippen LogP contribution < -0.4 is 36.2 Å². The number of aliphatic hydroxyl groups is 1. The van der Waals surface area contributed by atoms with Crippen molar-refractivity contribution in [2.24, 2.45) is 12.5 Å². The maximum Gasteiger partial charge on any atom is 0.293 e. The molecule has 2 unspecified atom stereocenters. The summed E-state index contributed by atoms with van der Waals surface area (Å²) in [5.41, 5.74) is 7.25. The lowest BCUT2D eigenvalue weighted by Crippen LogP contribution is -2.58.